The molecule has 0 fully saturated rings. The van der Waals surface area contributed by atoms with E-state index in [4.69, 9.17) is 0 Å². The number of fused-ring (bicyclic) bond motifs is 1. The van der Waals surface area contributed by atoms with E-state index in [2.05, 4.69) is 15.3 Å². The lowest BCUT2D eigenvalue weighted by atomic mass is 10.1. The van der Waals surface area contributed by atoms with Crippen molar-refractivity contribution >= 4 is 11.8 Å². The van der Waals surface area contributed by atoms with E-state index in [1.165, 1.54) is 12.1 Å². The summed E-state index contributed by atoms with van der Waals surface area (Å²) in [5.41, 5.74) is 2.05. The Bertz CT molecular complexity index is 1000. The number of benzene rings is 1. The molecule has 2 N–H and O–H groups in total. The van der Waals surface area contributed by atoms with Gasteiger partial charge in [-0.1, -0.05) is 12.1 Å². The van der Waals surface area contributed by atoms with Crippen LogP contribution in [-0.2, 0) is 17.9 Å². The first-order valence-electron chi connectivity index (χ1n) is 8.87. The summed E-state index contributed by atoms with van der Waals surface area (Å²) in [4.78, 5) is 35.5. The molecule has 0 spiro atoms. The summed E-state index contributed by atoms with van der Waals surface area (Å²) in [5, 5.41) is 12.6. The average Bonchev–Trinajstić information content (AvgIpc) is 3.20. The van der Waals surface area contributed by atoms with Gasteiger partial charge in [-0.15, -0.1) is 0 Å². The van der Waals surface area contributed by atoms with E-state index >= 15 is 0 Å². The van der Waals surface area contributed by atoms with Crippen molar-refractivity contribution in [3.8, 4) is 5.75 Å². The smallest absolute Gasteiger partial charge is 0.254 e. The van der Waals surface area contributed by atoms with Crippen LogP contribution < -0.4 is 5.32 Å². The van der Waals surface area contributed by atoms with Crippen molar-refractivity contribution in [1.29, 1.82) is 0 Å². The highest BCUT2D eigenvalue weighted by atomic mass is 16.3. The number of phenols is 1. The minimum atomic E-state index is -0.579. The molecule has 4 rings (SSSR count). The molecule has 0 saturated carbocycles. The van der Waals surface area contributed by atoms with E-state index in [0.29, 0.717) is 18.7 Å². The summed E-state index contributed by atoms with van der Waals surface area (Å²) >= 11 is 0. The molecule has 0 bridgehead atoms. The van der Waals surface area contributed by atoms with Gasteiger partial charge in [0.25, 0.3) is 5.91 Å². The highest BCUT2D eigenvalue weighted by molar-refractivity contribution is 5.95. The van der Waals surface area contributed by atoms with E-state index in [9.17, 15) is 14.7 Å². The molecule has 0 saturated heterocycles. The maximum Gasteiger partial charge on any atom is 0.254 e. The molecule has 2 aromatic heterocycles. The van der Waals surface area contributed by atoms with Crippen LogP contribution in [0.1, 0.15) is 27.7 Å². The molecule has 3 heterocycles. The third-order valence-corrected chi connectivity index (χ3v) is 4.70. The van der Waals surface area contributed by atoms with Crippen molar-refractivity contribution in [3.05, 3.63) is 78.1 Å². The molecule has 1 aliphatic heterocycles. The molecule has 1 aliphatic rings. The van der Waals surface area contributed by atoms with Gasteiger partial charge in [0.2, 0.25) is 5.91 Å². The Balaban J connectivity index is 1.52. The van der Waals surface area contributed by atoms with E-state index in [1.807, 2.05) is 12.1 Å². The standard InChI is InChI=1S/C20H19N5O3/c26-17-5-1-4-15(7-17)20(28)24-11-16-10-22-13-25(16)18(12-24)19(27)23-9-14-3-2-6-21-8-14/h1-8,10,13,18,26H,9,11-12H2,(H,23,27)/t18-/m1/s1. The molecule has 0 radical (unpaired) electrons. The van der Waals surface area contributed by atoms with E-state index in [0.717, 1.165) is 11.3 Å². The van der Waals surface area contributed by atoms with Crippen LogP contribution in [0.4, 0.5) is 0 Å². The van der Waals surface area contributed by atoms with Crippen LogP contribution in [0.25, 0.3) is 0 Å². The van der Waals surface area contributed by atoms with Crippen LogP contribution >= 0.6 is 0 Å². The second-order valence-electron chi connectivity index (χ2n) is 6.62. The number of hydrogen-bond donors (Lipinski definition) is 2. The molecule has 0 aliphatic carbocycles. The normalized spacial score (nSPS) is 15.7. The summed E-state index contributed by atoms with van der Waals surface area (Å²) in [5.74, 6) is -0.413. The Kier molecular flexibility index (Phi) is 4.76. The number of aromatic nitrogens is 3. The van der Waals surface area contributed by atoms with Crippen LogP contribution in [0.5, 0.6) is 5.75 Å². The number of amides is 2. The number of carbonyl (C=O) groups is 2. The first kappa shape index (κ1) is 17.7. The number of nitrogens with zero attached hydrogens (tertiary/aromatic N) is 4. The lowest BCUT2D eigenvalue weighted by Crippen LogP contribution is -2.46. The zero-order chi connectivity index (χ0) is 19.5. The maximum atomic E-state index is 12.9. The lowest BCUT2D eigenvalue weighted by Gasteiger charge is -2.33. The van der Waals surface area contributed by atoms with Gasteiger partial charge in [0.1, 0.15) is 11.8 Å². The Morgan fingerprint density at radius 3 is 2.86 bits per heavy atom. The van der Waals surface area contributed by atoms with Gasteiger partial charge in [-0.2, -0.15) is 0 Å². The molecule has 3 aromatic rings. The third kappa shape index (κ3) is 3.57. The molecule has 1 atom stereocenters. The summed E-state index contributed by atoms with van der Waals surface area (Å²) < 4.78 is 1.80. The molecule has 28 heavy (non-hydrogen) atoms. The highest BCUT2D eigenvalue weighted by Crippen LogP contribution is 2.24. The van der Waals surface area contributed by atoms with Gasteiger partial charge in [-0.05, 0) is 29.8 Å². The molecular formula is C20H19N5O3. The van der Waals surface area contributed by atoms with E-state index in [1.54, 1.807) is 46.5 Å². The number of pyridine rings is 1. The van der Waals surface area contributed by atoms with Gasteiger partial charge in [-0.25, -0.2) is 4.98 Å². The van der Waals surface area contributed by atoms with Crippen molar-refractivity contribution in [3.63, 3.8) is 0 Å². The van der Waals surface area contributed by atoms with Crippen molar-refractivity contribution in [2.45, 2.75) is 19.1 Å². The van der Waals surface area contributed by atoms with Gasteiger partial charge in [-0.3, -0.25) is 14.6 Å². The molecule has 8 nitrogen and oxygen atoms in total. The SMILES string of the molecule is O=C(NCc1cccnc1)[C@H]1CN(C(=O)c2cccc(O)c2)Cc2cncn21. The second-order valence-corrected chi connectivity index (χ2v) is 6.62. The topological polar surface area (TPSA) is 100 Å². The average molecular weight is 377 g/mol. The molecule has 1 aromatic carbocycles. The Hall–Kier alpha value is -3.68. The molecule has 0 unspecified atom stereocenters. The first-order chi connectivity index (χ1) is 13.6. The first-order valence-corrected chi connectivity index (χ1v) is 8.87. The van der Waals surface area contributed by atoms with Crippen LogP contribution in [-0.4, -0.2) is 42.9 Å². The molecule has 2 amide bonds. The fourth-order valence-corrected chi connectivity index (χ4v) is 3.29. The van der Waals surface area contributed by atoms with Crippen LogP contribution in [0.3, 0.4) is 0 Å². The predicted molar refractivity (Wildman–Crippen MR) is 100 cm³/mol. The van der Waals surface area contributed by atoms with Crippen LogP contribution in [0.15, 0.2) is 61.3 Å². The number of carbonyl (C=O) groups excluding carboxylic acids is 2. The minimum absolute atomic E-state index is 0.0265. The van der Waals surface area contributed by atoms with Gasteiger partial charge >= 0.3 is 0 Å². The number of hydrogen-bond acceptors (Lipinski definition) is 5. The Morgan fingerprint density at radius 2 is 2.07 bits per heavy atom. The summed E-state index contributed by atoms with van der Waals surface area (Å²) in [7, 11) is 0. The van der Waals surface area contributed by atoms with Crippen LogP contribution in [0, 0.1) is 0 Å². The van der Waals surface area contributed by atoms with E-state index in [-0.39, 0.29) is 24.1 Å². The minimum Gasteiger partial charge on any atom is -0.508 e. The molecular weight excluding hydrogens is 358 g/mol. The largest absolute Gasteiger partial charge is 0.508 e. The van der Waals surface area contributed by atoms with Crippen molar-refractivity contribution in [1.82, 2.24) is 24.8 Å². The quantitative estimate of drug-likeness (QED) is 0.718. The highest BCUT2D eigenvalue weighted by Gasteiger charge is 2.32. The van der Waals surface area contributed by atoms with Gasteiger partial charge in [0.05, 0.1) is 25.1 Å². The number of nitrogens with one attached hydrogen (secondary N) is 1. The van der Waals surface area contributed by atoms with Crippen molar-refractivity contribution in [2.24, 2.45) is 0 Å². The number of imidazole rings is 1. The van der Waals surface area contributed by atoms with Gasteiger partial charge in [0, 0.05) is 30.7 Å². The summed E-state index contributed by atoms with van der Waals surface area (Å²) in [6.07, 6.45) is 6.64. The zero-order valence-corrected chi connectivity index (χ0v) is 15.0. The number of rotatable bonds is 4. The van der Waals surface area contributed by atoms with Crippen molar-refractivity contribution < 1.29 is 14.7 Å². The third-order valence-electron chi connectivity index (χ3n) is 4.70. The second kappa shape index (κ2) is 7.51. The zero-order valence-electron chi connectivity index (χ0n) is 15.0. The number of phenolic OH excluding ortho intramolecular Hbond substituents is 1. The molecule has 142 valence electrons. The Morgan fingerprint density at radius 1 is 1.18 bits per heavy atom. The summed E-state index contributed by atoms with van der Waals surface area (Å²) in [6, 6.07) is 9.31. The van der Waals surface area contributed by atoms with Gasteiger partial charge in [0.15, 0.2) is 0 Å². The van der Waals surface area contributed by atoms with Crippen LogP contribution in [0.2, 0.25) is 0 Å². The fraction of sp³-hybridized carbons (Fsp3) is 0.200. The summed E-state index contributed by atoms with van der Waals surface area (Å²) in [6.45, 7) is 0.922. The lowest BCUT2D eigenvalue weighted by molar-refractivity contribution is -0.125. The number of aromatic hydroxyl groups is 1. The van der Waals surface area contributed by atoms with Gasteiger partial charge < -0.3 is 19.9 Å². The molecule has 8 heteroatoms. The van der Waals surface area contributed by atoms with E-state index < -0.39 is 6.04 Å². The van der Waals surface area contributed by atoms with Crippen molar-refractivity contribution in [2.75, 3.05) is 6.54 Å². The fourth-order valence-electron chi connectivity index (χ4n) is 3.29. The predicted octanol–water partition coefficient (Wildman–Crippen LogP) is 1.50. The Labute approximate surface area is 161 Å². The maximum absolute atomic E-state index is 12.9. The monoisotopic (exact) mass is 377 g/mol.